The summed E-state index contributed by atoms with van der Waals surface area (Å²) in [6.07, 6.45) is -6.05. The van der Waals surface area contributed by atoms with Gasteiger partial charge in [0.15, 0.2) is 0 Å². The Morgan fingerprint density at radius 2 is 1.64 bits per heavy atom. The quantitative estimate of drug-likeness (QED) is 0.322. The highest BCUT2D eigenvalue weighted by molar-refractivity contribution is 4.81. The summed E-state index contributed by atoms with van der Waals surface area (Å²) in [5.41, 5.74) is 0. The molecular weight excluding hydrogens is 197 g/mol. The van der Waals surface area contributed by atoms with Gasteiger partial charge in [-0.05, 0) is 11.6 Å². The lowest BCUT2D eigenvalue weighted by Gasteiger charge is -2.25. The van der Waals surface area contributed by atoms with Crippen molar-refractivity contribution in [1.29, 1.82) is 0 Å². The van der Waals surface area contributed by atoms with Crippen LogP contribution in [0.1, 0.15) is 0 Å². The van der Waals surface area contributed by atoms with Gasteiger partial charge in [0.05, 0.1) is 6.10 Å². The molecule has 0 heterocycles. The Morgan fingerprint density at radius 3 is 2.07 bits per heavy atom. The van der Waals surface area contributed by atoms with Crippen molar-refractivity contribution in [3.05, 3.63) is 0 Å². The van der Waals surface area contributed by atoms with Crippen LogP contribution in [0.5, 0.6) is 0 Å². The molecule has 0 spiro atoms. The number of likely N-dealkylation sites (N-methyl/N-ethyl adjacent to an activating group) is 1. The molecule has 0 aromatic rings. The Hall–Kier alpha value is -0.310. The van der Waals surface area contributed by atoms with Crippen LogP contribution in [0.4, 0.5) is 4.53 Å². The first-order chi connectivity index (χ1) is 6.54. The summed E-state index contributed by atoms with van der Waals surface area (Å²) in [6, 6.07) is 0. The molecule has 6 nitrogen and oxygen atoms in total. The van der Waals surface area contributed by atoms with E-state index in [0.717, 1.165) is 0 Å². The van der Waals surface area contributed by atoms with Crippen molar-refractivity contribution >= 4 is 0 Å². The zero-order valence-electron chi connectivity index (χ0n) is 7.80. The van der Waals surface area contributed by atoms with E-state index >= 15 is 0 Å². The maximum Gasteiger partial charge on any atom is 0.116 e. The Labute approximate surface area is 80.8 Å². The van der Waals surface area contributed by atoms with Crippen molar-refractivity contribution < 1.29 is 29.9 Å². The summed E-state index contributed by atoms with van der Waals surface area (Å²) in [6.45, 7) is -0.716. The molecule has 4 unspecified atom stereocenters. The number of rotatable bonds is 7. The Kier molecular flexibility index (Phi) is 6.89. The van der Waals surface area contributed by atoms with Gasteiger partial charge in [-0.1, -0.05) is 0 Å². The molecule has 14 heavy (non-hydrogen) atoms. The summed E-state index contributed by atoms with van der Waals surface area (Å²) in [4.78, 5) is 3.10. The lowest BCUT2D eigenvalue weighted by Crippen LogP contribution is -2.48. The SMILES string of the molecule is CNCC(O)C(O)C(O)C(O)COF. The maximum absolute atomic E-state index is 11.3. The zero-order valence-corrected chi connectivity index (χ0v) is 7.80. The van der Waals surface area contributed by atoms with Gasteiger partial charge in [0.25, 0.3) is 0 Å². The molecule has 0 aromatic heterocycles. The highest BCUT2D eigenvalue weighted by atomic mass is 19.3. The smallest absolute Gasteiger partial charge is 0.116 e. The van der Waals surface area contributed by atoms with Crippen LogP contribution in [0.3, 0.4) is 0 Å². The summed E-state index contributed by atoms with van der Waals surface area (Å²) in [5.74, 6) is 0. The topological polar surface area (TPSA) is 102 Å². The molecule has 0 aromatic carbocycles. The lowest BCUT2D eigenvalue weighted by atomic mass is 10.0. The molecule has 7 heteroatoms. The Balaban J connectivity index is 4.01. The van der Waals surface area contributed by atoms with Gasteiger partial charge in [-0.2, -0.15) is 4.94 Å². The van der Waals surface area contributed by atoms with Gasteiger partial charge in [-0.25, -0.2) is 0 Å². The number of aliphatic hydroxyl groups is 4. The third-order valence-corrected chi connectivity index (χ3v) is 1.79. The first kappa shape index (κ1) is 13.7. The number of hydrogen-bond donors (Lipinski definition) is 5. The Bertz CT molecular complexity index is 134. The summed E-state index contributed by atoms with van der Waals surface area (Å²) >= 11 is 0. The number of halogens is 1. The van der Waals surface area contributed by atoms with Crippen LogP contribution < -0.4 is 5.32 Å². The zero-order chi connectivity index (χ0) is 11.1. The van der Waals surface area contributed by atoms with Crippen molar-refractivity contribution in [2.45, 2.75) is 24.4 Å². The minimum Gasteiger partial charge on any atom is -0.389 e. The van der Waals surface area contributed by atoms with E-state index in [1.54, 1.807) is 7.05 Å². The predicted octanol–water partition coefficient (Wildman–Crippen LogP) is -2.45. The summed E-state index contributed by atoms with van der Waals surface area (Å²) < 4.78 is 11.3. The van der Waals surface area contributed by atoms with E-state index in [1.165, 1.54) is 0 Å². The van der Waals surface area contributed by atoms with Gasteiger partial charge < -0.3 is 25.7 Å². The van der Waals surface area contributed by atoms with E-state index in [2.05, 4.69) is 10.3 Å². The van der Waals surface area contributed by atoms with Crippen molar-refractivity contribution in [2.75, 3.05) is 20.2 Å². The van der Waals surface area contributed by atoms with Crippen LogP contribution >= 0.6 is 0 Å². The third-order valence-electron chi connectivity index (χ3n) is 1.79. The van der Waals surface area contributed by atoms with E-state index in [0.29, 0.717) is 0 Å². The van der Waals surface area contributed by atoms with E-state index in [1.807, 2.05) is 0 Å². The van der Waals surface area contributed by atoms with Crippen LogP contribution in [0.2, 0.25) is 0 Å². The van der Waals surface area contributed by atoms with Gasteiger partial charge in [-0.3, -0.25) is 0 Å². The molecule has 0 bridgehead atoms. The van der Waals surface area contributed by atoms with Crippen LogP contribution in [0.15, 0.2) is 0 Å². The second-order valence-corrected chi connectivity index (χ2v) is 2.95. The minimum atomic E-state index is -1.66. The number of hydrogen-bond acceptors (Lipinski definition) is 6. The highest BCUT2D eigenvalue weighted by Crippen LogP contribution is 2.05. The standard InChI is InChI=1S/C7H16FNO5/c1-9-2-4(10)6(12)7(13)5(11)3-14-8/h4-7,9-13H,2-3H2,1H3. The van der Waals surface area contributed by atoms with Crippen molar-refractivity contribution in [1.82, 2.24) is 5.32 Å². The van der Waals surface area contributed by atoms with Gasteiger partial charge >= 0.3 is 0 Å². The molecule has 0 aliphatic heterocycles. The van der Waals surface area contributed by atoms with Gasteiger partial charge in [0.1, 0.15) is 24.9 Å². The second kappa shape index (κ2) is 7.04. The van der Waals surface area contributed by atoms with Crippen LogP contribution in [0, 0.1) is 0 Å². The average Bonchev–Trinajstić information content (AvgIpc) is 2.16. The van der Waals surface area contributed by atoms with Gasteiger partial charge in [0, 0.05) is 6.54 Å². The fraction of sp³-hybridized carbons (Fsp3) is 1.00. The minimum absolute atomic E-state index is 0.0431. The third kappa shape index (κ3) is 4.27. The lowest BCUT2D eigenvalue weighted by molar-refractivity contribution is -0.187. The van der Waals surface area contributed by atoms with E-state index < -0.39 is 31.0 Å². The van der Waals surface area contributed by atoms with E-state index in [9.17, 15) is 19.8 Å². The molecule has 0 saturated carbocycles. The van der Waals surface area contributed by atoms with Crippen molar-refractivity contribution in [3.8, 4) is 0 Å². The van der Waals surface area contributed by atoms with E-state index in [-0.39, 0.29) is 6.54 Å². The van der Waals surface area contributed by atoms with Crippen LogP contribution in [-0.4, -0.2) is 65.0 Å². The first-order valence-electron chi connectivity index (χ1n) is 4.15. The molecule has 86 valence electrons. The Morgan fingerprint density at radius 1 is 1.14 bits per heavy atom. The van der Waals surface area contributed by atoms with Gasteiger partial charge in [-0.15, -0.1) is 0 Å². The van der Waals surface area contributed by atoms with Crippen molar-refractivity contribution in [3.63, 3.8) is 0 Å². The van der Waals surface area contributed by atoms with Gasteiger partial charge in [0.2, 0.25) is 0 Å². The first-order valence-corrected chi connectivity index (χ1v) is 4.15. The number of nitrogens with one attached hydrogen (secondary N) is 1. The monoisotopic (exact) mass is 213 g/mol. The number of aliphatic hydroxyl groups excluding tert-OH is 4. The normalized spacial score (nSPS) is 20.1. The summed E-state index contributed by atoms with van der Waals surface area (Å²) in [7, 11) is 1.55. The molecule has 0 radical (unpaired) electrons. The summed E-state index contributed by atoms with van der Waals surface area (Å²) in [5, 5.41) is 39.2. The highest BCUT2D eigenvalue weighted by Gasteiger charge is 2.30. The molecule has 0 aliphatic rings. The average molecular weight is 213 g/mol. The molecule has 4 atom stereocenters. The van der Waals surface area contributed by atoms with E-state index in [4.69, 9.17) is 5.11 Å². The fourth-order valence-electron chi connectivity index (χ4n) is 0.948. The fourth-order valence-corrected chi connectivity index (χ4v) is 0.948. The van der Waals surface area contributed by atoms with Crippen molar-refractivity contribution in [2.24, 2.45) is 0 Å². The molecular formula is C7H16FNO5. The molecule has 0 aliphatic carbocycles. The molecule has 0 amide bonds. The maximum atomic E-state index is 11.3. The molecule has 0 rings (SSSR count). The molecule has 0 fully saturated rings. The van der Waals surface area contributed by atoms with Crippen LogP contribution in [-0.2, 0) is 4.94 Å². The molecule has 0 saturated heterocycles. The van der Waals surface area contributed by atoms with Crippen LogP contribution in [0.25, 0.3) is 0 Å². The second-order valence-electron chi connectivity index (χ2n) is 2.95. The largest absolute Gasteiger partial charge is 0.389 e. The predicted molar refractivity (Wildman–Crippen MR) is 45.0 cm³/mol. The molecule has 5 N–H and O–H groups in total.